The summed E-state index contributed by atoms with van der Waals surface area (Å²) >= 11 is 0. The van der Waals surface area contributed by atoms with E-state index in [0.717, 1.165) is 11.1 Å². The first-order valence-corrected chi connectivity index (χ1v) is 7.10. The van der Waals surface area contributed by atoms with Crippen LogP contribution in [-0.4, -0.2) is 42.5 Å². The van der Waals surface area contributed by atoms with Gasteiger partial charge in [0.1, 0.15) is 0 Å². The highest BCUT2D eigenvalue weighted by atomic mass is 32.2. The van der Waals surface area contributed by atoms with Crippen LogP contribution in [0.4, 0.5) is 0 Å². The van der Waals surface area contributed by atoms with Gasteiger partial charge in [-0.25, -0.2) is 17.5 Å². The summed E-state index contributed by atoms with van der Waals surface area (Å²) in [5.41, 5.74) is 2.03. The number of nitrogens with zero attached hydrogens (tertiary/aromatic N) is 1. The third-order valence-electron chi connectivity index (χ3n) is 2.79. The van der Waals surface area contributed by atoms with Crippen molar-refractivity contribution in [3.05, 3.63) is 34.2 Å². The Balaban J connectivity index is 2.20. The molecule has 6 nitrogen and oxygen atoms in total. The molecular formula is C11H15N3O3S. The number of aryl methyl sites for hydroxylation is 1. The lowest BCUT2D eigenvalue weighted by molar-refractivity contribution is 0.520. The maximum Gasteiger partial charge on any atom is 0.323 e. The zero-order valence-corrected chi connectivity index (χ0v) is 11.0. The van der Waals surface area contributed by atoms with Crippen molar-refractivity contribution in [3.63, 3.8) is 0 Å². The number of aromatic nitrogens is 2. The van der Waals surface area contributed by atoms with Crippen LogP contribution in [0.15, 0.2) is 23.0 Å². The maximum atomic E-state index is 11.6. The molecule has 0 fully saturated rings. The third-order valence-corrected chi connectivity index (χ3v) is 4.62. The molecule has 1 aromatic heterocycles. The molecule has 0 saturated heterocycles. The lowest BCUT2D eigenvalue weighted by Gasteiger charge is -2.10. The largest absolute Gasteiger partial charge is 0.323 e. The zero-order valence-electron chi connectivity index (χ0n) is 10.2. The number of nitrogens with one attached hydrogen (secondary N) is 2. The summed E-state index contributed by atoms with van der Waals surface area (Å²) < 4.78 is 24.5. The van der Waals surface area contributed by atoms with Crippen molar-refractivity contribution in [2.75, 3.05) is 19.8 Å². The van der Waals surface area contributed by atoms with Crippen molar-refractivity contribution < 1.29 is 8.42 Å². The Morgan fingerprint density at radius 3 is 2.50 bits per heavy atom. The molecule has 2 N–H and O–H groups in total. The molecule has 2 aromatic rings. The van der Waals surface area contributed by atoms with Crippen molar-refractivity contribution in [3.8, 4) is 0 Å². The Labute approximate surface area is 105 Å². The molecule has 98 valence electrons. The van der Waals surface area contributed by atoms with Gasteiger partial charge in [-0.1, -0.05) is 6.07 Å². The summed E-state index contributed by atoms with van der Waals surface area (Å²) in [7, 11) is -0.159. The number of hydrogen-bond acceptors (Lipinski definition) is 3. The topological polar surface area (TPSA) is 86.0 Å². The molecule has 7 heteroatoms. The van der Waals surface area contributed by atoms with E-state index in [1.165, 1.54) is 18.4 Å². The van der Waals surface area contributed by atoms with Crippen LogP contribution in [-0.2, 0) is 16.4 Å². The van der Waals surface area contributed by atoms with Gasteiger partial charge in [-0.2, -0.15) is 0 Å². The monoisotopic (exact) mass is 269 g/mol. The Bertz CT molecular complexity index is 712. The molecule has 0 aliphatic heterocycles. The minimum absolute atomic E-state index is 0.0557. The summed E-state index contributed by atoms with van der Waals surface area (Å²) in [6, 6.07) is 5.38. The van der Waals surface area contributed by atoms with Gasteiger partial charge in [-0.05, 0) is 24.1 Å². The fraction of sp³-hybridized carbons (Fsp3) is 0.364. The normalized spacial score (nSPS) is 12.4. The van der Waals surface area contributed by atoms with Gasteiger partial charge in [0.05, 0.1) is 16.8 Å². The molecule has 0 saturated carbocycles. The van der Waals surface area contributed by atoms with E-state index in [9.17, 15) is 13.2 Å². The molecule has 0 radical (unpaired) electrons. The molecule has 1 aromatic carbocycles. The fourth-order valence-electron chi connectivity index (χ4n) is 1.66. The van der Waals surface area contributed by atoms with Gasteiger partial charge in [0.15, 0.2) is 0 Å². The third kappa shape index (κ3) is 2.62. The van der Waals surface area contributed by atoms with E-state index in [2.05, 4.69) is 9.97 Å². The van der Waals surface area contributed by atoms with E-state index >= 15 is 0 Å². The molecule has 0 spiro atoms. The van der Waals surface area contributed by atoms with Gasteiger partial charge in [0.25, 0.3) is 0 Å². The number of rotatable bonds is 4. The zero-order chi connectivity index (χ0) is 13.3. The van der Waals surface area contributed by atoms with E-state index in [1.807, 2.05) is 6.07 Å². The van der Waals surface area contributed by atoms with E-state index in [1.54, 1.807) is 12.1 Å². The van der Waals surface area contributed by atoms with E-state index < -0.39 is 10.0 Å². The predicted octanol–water partition coefficient (Wildman–Crippen LogP) is 0.290. The highest BCUT2D eigenvalue weighted by molar-refractivity contribution is 7.89. The number of benzene rings is 1. The summed E-state index contributed by atoms with van der Waals surface area (Å²) in [5.74, 6) is 0.0557. The average molecular weight is 269 g/mol. The van der Waals surface area contributed by atoms with Gasteiger partial charge in [-0.3, -0.25) is 0 Å². The number of H-pyrrole nitrogens is 2. The molecule has 18 heavy (non-hydrogen) atoms. The Morgan fingerprint density at radius 1 is 1.17 bits per heavy atom. The SMILES string of the molecule is CN(C)S(=O)(=O)CCc1ccc2[nH]c(=O)[nH]c2c1. The fourth-order valence-corrected chi connectivity index (χ4v) is 2.52. The number of imidazole rings is 1. The lowest BCUT2D eigenvalue weighted by atomic mass is 10.1. The first-order chi connectivity index (χ1) is 8.38. The Kier molecular flexibility index (Phi) is 3.27. The molecule has 0 bridgehead atoms. The second-order valence-corrected chi connectivity index (χ2v) is 6.61. The minimum atomic E-state index is -3.19. The maximum absolute atomic E-state index is 11.6. The van der Waals surface area contributed by atoms with Crippen molar-refractivity contribution in [2.45, 2.75) is 6.42 Å². The minimum Gasteiger partial charge on any atom is -0.306 e. The molecule has 0 aliphatic rings. The first-order valence-electron chi connectivity index (χ1n) is 5.49. The van der Waals surface area contributed by atoms with E-state index in [4.69, 9.17) is 0 Å². The van der Waals surface area contributed by atoms with Crippen molar-refractivity contribution in [2.24, 2.45) is 0 Å². The summed E-state index contributed by atoms with van der Waals surface area (Å²) in [4.78, 5) is 16.4. The molecular weight excluding hydrogens is 254 g/mol. The number of sulfonamides is 1. The van der Waals surface area contributed by atoms with Crippen molar-refractivity contribution in [1.82, 2.24) is 14.3 Å². The molecule has 2 rings (SSSR count). The van der Waals surface area contributed by atoms with Gasteiger partial charge in [0, 0.05) is 14.1 Å². The van der Waals surface area contributed by atoms with E-state index in [0.29, 0.717) is 11.9 Å². The summed E-state index contributed by atoms with van der Waals surface area (Å²) in [6.45, 7) is 0. The van der Waals surface area contributed by atoms with Crippen LogP contribution in [0.1, 0.15) is 5.56 Å². The summed E-state index contributed by atoms with van der Waals surface area (Å²) in [5, 5.41) is 0. The average Bonchev–Trinajstić information content (AvgIpc) is 2.65. The molecule has 0 amide bonds. The first kappa shape index (κ1) is 12.8. The van der Waals surface area contributed by atoms with Crippen LogP contribution in [0.25, 0.3) is 11.0 Å². The van der Waals surface area contributed by atoms with Gasteiger partial charge < -0.3 is 9.97 Å². The van der Waals surface area contributed by atoms with Crippen molar-refractivity contribution in [1.29, 1.82) is 0 Å². The Morgan fingerprint density at radius 2 is 1.83 bits per heavy atom. The summed E-state index contributed by atoms with van der Waals surface area (Å²) in [6.07, 6.45) is 0.420. The van der Waals surface area contributed by atoms with Gasteiger partial charge in [0.2, 0.25) is 10.0 Å². The molecule has 1 heterocycles. The highest BCUT2D eigenvalue weighted by Gasteiger charge is 2.13. The predicted molar refractivity (Wildman–Crippen MR) is 70.1 cm³/mol. The van der Waals surface area contributed by atoms with Crippen molar-refractivity contribution >= 4 is 21.1 Å². The van der Waals surface area contributed by atoms with Crippen LogP contribution in [0.2, 0.25) is 0 Å². The molecule has 0 atom stereocenters. The second kappa shape index (κ2) is 4.58. The van der Waals surface area contributed by atoms with Crippen LogP contribution < -0.4 is 5.69 Å². The lowest BCUT2D eigenvalue weighted by Crippen LogP contribution is -2.25. The smallest absolute Gasteiger partial charge is 0.306 e. The molecule has 0 aliphatic carbocycles. The van der Waals surface area contributed by atoms with Crippen LogP contribution in [0.3, 0.4) is 0 Å². The van der Waals surface area contributed by atoms with Crippen LogP contribution >= 0.6 is 0 Å². The number of fused-ring (bicyclic) bond motifs is 1. The quantitative estimate of drug-likeness (QED) is 0.836. The van der Waals surface area contributed by atoms with Gasteiger partial charge >= 0.3 is 5.69 Å². The number of aromatic amines is 2. The molecule has 0 unspecified atom stereocenters. The number of hydrogen-bond donors (Lipinski definition) is 2. The standard InChI is InChI=1S/C11H15N3O3S/c1-14(2)18(16,17)6-5-8-3-4-9-10(7-8)13-11(15)12-9/h3-4,7H,5-6H2,1-2H3,(H2,12,13,15). The highest BCUT2D eigenvalue weighted by Crippen LogP contribution is 2.11. The Hall–Kier alpha value is -1.60. The van der Waals surface area contributed by atoms with Gasteiger partial charge in [-0.15, -0.1) is 0 Å². The van der Waals surface area contributed by atoms with E-state index in [-0.39, 0.29) is 11.4 Å². The second-order valence-electron chi connectivity index (χ2n) is 4.31. The van der Waals surface area contributed by atoms with Crippen LogP contribution in [0, 0.1) is 0 Å². The van der Waals surface area contributed by atoms with Crippen LogP contribution in [0.5, 0.6) is 0 Å².